The lowest BCUT2D eigenvalue weighted by Gasteiger charge is -1.96. The molecule has 11 heavy (non-hydrogen) atoms. The van der Waals surface area contributed by atoms with E-state index < -0.39 is 0 Å². The smallest absolute Gasteiger partial charge is 0.0490 e. The SMILES string of the molecule is C/C=C/CNCc1ccn[nH]1. The minimum absolute atomic E-state index is 0.852. The Morgan fingerprint density at radius 2 is 2.64 bits per heavy atom. The molecule has 0 amide bonds. The van der Waals surface area contributed by atoms with Crippen molar-refractivity contribution in [2.24, 2.45) is 0 Å². The number of aromatic amines is 1. The molecule has 0 aliphatic carbocycles. The Labute approximate surface area is 66.5 Å². The average Bonchev–Trinajstić information content (AvgIpc) is 2.50. The highest BCUT2D eigenvalue weighted by Crippen LogP contribution is 1.88. The van der Waals surface area contributed by atoms with E-state index in [9.17, 15) is 0 Å². The summed E-state index contributed by atoms with van der Waals surface area (Å²) in [4.78, 5) is 0. The molecule has 0 atom stereocenters. The van der Waals surface area contributed by atoms with Crippen LogP contribution in [0.3, 0.4) is 0 Å². The molecule has 3 heteroatoms. The van der Waals surface area contributed by atoms with Gasteiger partial charge in [0.05, 0.1) is 0 Å². The molecule has 0 aliphatic heterocycles. The second kappa shape index (κ2) is 4.68. The van der Waals surface area contributed by atoms with Crippen molar-refractivity contribution in [3.05, 3.63) is 30.1 Å². The fourth-order valence-corrected chi connectivity index (χ4v) is 0.791. The lowest BCUT2D eigenvalue weighted by atomic mass is 10.4. The third-order valence-corrected chi connectivity index (χ3v) is 1.37. The van der Waals surface area contributed by atoms with Gasteiger partial charge in [0.1, 0.15) is 0 Å². The zero-order valence-corrected chi connectivity index (χ0v) is 6.67. The van der Waals surface area contributed by atoms with Crippen molar-refractivity contribution in [3.63, 3.8) is 0 Å². The minimum atomic E-state index is 0.852. The molecule has 1 rings (SSSR count). The fraction of sp³-hybridized carbons (Fsp3) is 0.375. The molecule has 0 fully saturated rings. The van der Waals surface area contributed by atoms with E-state index in [0.717, 1.165) is 18.8 Å². The molecule has 1 aromatic rings. The quantitative estimate of drug-likeness (QED) is 0.499. The molecular formula is C8H13N3. The molecule has 3 nitrogen and oxygen atoms in total. The molecule has 0 spiro atoms. The summed E-state index contributed by atoms with van der Waals surface area (Å²) < 4.78 is 0. The molecule has 0 saturated heterocycles. The number of aromatic nitrogens is 2. The first kappa shape index (κ1) is 8.01. The molecule has 0 unspecified atom stereocenters. The van der Waals surface area contributed by atoms with Gasteiger partial charge in [0.15, 0.2) is 0 Å². The van der Waals surface area contributed by atoms with E-state index in [1.807, 2.05) is 19.1 Å². The molecule has 1 aromatic heterocycles. The lowest BCUT2D eigenvalue weighted by Crippen LogP contribution is -2.12. The summed E-state index contributed by atoms with van der Waals surface area (Å²) in [6.07, 6.45) is 5.86. The molecule has 1 heterocycles. The number of rotatable bonds is 4. The number of hydrogen-bond acceptors (Lipinski definition) is 2. The lowest BCUT2D eigenvalue weighted by molar-refractivity contribution is 0.735. The number of allylic oxidation sites excluding steroid dienone is 1. The third kappa shape index (κ3) is 3.00. The van der Waals surface area contributed by atoms with Crippen LogP contribution in [0.4, 0.5) is 0 Å². The van der Waals surface area contributed by atoms with Crippen molar-refractivity contribution in [3.8, 4) is 0 Å². The summed E-state index contributed by atoms with van der Waals surface area (Å²) >= 11 is 0. The first-order valence-electron chi connectivity index (χ1n) is 3.73. The molecule has 0 aliphatic rings. The van der Waals surface area contributed by atoms with Crippen molar-refractivity contribution in [1.29, 1.82) is 0 Å². The van der Waals surface area contributed by atoms with Crippen LogP contribution < -0.4 is 5.32 Å². The van der Waals surface area contributed by atoms with Crippen LogP contribution in [0.25, 0.3) is 0 Å². The van der Waals surface area contributed by atoms with Gasteiger partial charge in [-0.25, -0.2) is 0 Å². The summed E-state index contributed by atoms with van der Waals surface area (Å²) in [5, 5.41) is 9.95. The predicted octanol–water partition coefficient (Wildman–Crippen LogP) is 1.08. The van der Waals surface area contributed by atoms with E-state index in [1.54, 1.807) is 6.20 Å². The predicted molar refractivity (Wildman–Crippen MR) is 45.1 cm³/mol. The van der Waals surface area contributed by atoms with Crippen LogP contribution in [-0.2, 0) is 6.54 Å². The Bertz CT molecular complexity index is 201. The van der Waals surface area contributed by atoms with Gasteiger partial charge in [-0.2, -0.15) is 5.10 Å². The maximum Gasteiger partial charge on any atom is 0.0490 e. The normalized spacial score (nSPS) is 11.0. The second-order valence-corrected chi connectivity index (χ2v) is 2.28. The molecule has 0 radical (unpaired) electrons. The zero-order valence-electron chi connectivity index (χ0n) is 6.67. The maximum atomic E-state index is 3.84. The van der Waals surface area contributed by atoms with E-state index in [1.165, 1.54) is 0 Å². The van der Waals surface area contributed by atoms with Gasteiger partial charge >= 0.3 is 0 Å². The maximum absolute atomic E-state index is 3.84. The van der Waals surface area contributed by atoms with Crippen molar-refractivity contribution < 1.29 is 0 Å². The van der Waals surface area contributed by atoms with Crippen LogP contribution in [-0.4, -0.2) is 16.7 Å². The molecule has 60 valence electrons. The number of H-pyrrole nitrogens is 1. The monoisotopic (exact) mass is 151 g/mol. The van der Waals surface area contributed by atoms with Crippen molar-refractivity contribution in [2.45, 2.75) is 13.5 Å². The van der Waals surface area contributed by atoms with Crippen LogP contribution in [0, 0.1) is 0 Å². The highest BCUT2D eigenvalue weighted by atomic mass is 15.1. The van der Waals surface area contributed by atoms with E-state index in [-0.39, 0.29) is 0 Å². The van der Waals surface area contributed by atoms with Gasteiger partial charge in [-0.3, -0.25) is 5.10 Å². The van der Waals surface area contributed by atoms with Crippen LogP contribution in [0.1, 0.15) is 12.6 Å². The Hall–Kier alpha value is -1.09. The second-order valence-electron chi connectivity index (χ2n) is 2.28. The van der Waals surface area contributed by atoms with Gasteiger partial charge in [-0.05, 0) is 13.0 Å². The highest BCUT2D eigenvalue weighted by molar-refractivity contribution is 4.96. The number of nitrogens with zero attached hydrogens (tertiary/aromatic N) is 1. The van der Waals surface area contributed by atoms with Gasteiger partial charge in [-0.15, -0.1) is 0 Å². The van der Waals surface area contributed by atoms with Gasteiger partial charge < -0.3 is 5.32 Å². The number of nitrogens with one attached hydrogen (secondary N) is 2. The summed E-state index contributed by atoms with van der Waals surface area (Å²) in [5.41, 5.74) is 1.12. The van der Waals surface area contributed by atoms with Crippen molar-refractivity contribution >= 4 is 0 Å². The Kier molecular flexibility index (Phi) is 3.41. The molecule has 0 aromatic carbocycles. The Balaban J connectivity index is 2.14. The fourth-order valence-electron chi connectivity index (χ4n) is 0.791. The zero-order chi connectivity index (χ0) is 7.94. The largest absolute Gasteiger partial charge is 0.308 e. The van der Waals surface area contributed by atoms with Crippen LogP contribution >= 0.6 is 0 Å². The Morgan fingerprint density at radius 3 is 3.27 bits per heavy atom. The summed E-state index contributed by atoms with van der Waals surface area (Å²) in [5.74, 6) is 0. The molecular weight excluding hydrogens is 138 g/mol. The Morgan fingerprint density at radius 1 is 1.73 bits per heavy atom. The molecule has 2 N–H and O–H groups in total. The van der Waals surface area contributed by atoms with Gasteiger partial charge in [0.25, 0.3) is 0 Å². The van der Waals surface area contributed by atoms with Crippen molar-refractivity contribution in [2.75, 3.05) is 6.54 Å². The first-order valence-corrected chi connectivity index (χ1v) is 3.73. The van der Waals surface area contributed by atoms with E-state index in [4.69, 9.17) is 0 Å². The van der Waals surface area contributed by atoms with E-state index in [0.29, 0.717) is 0 Å². The standard InChI is InChI=1S/C8H13N3/c1-2-3-5-9-7-8-4-6-10-11-8/h2-4,6,9H,5,7H2,1H3,(H,10,11)/b3-2+. The van der Waals surface area contributed by atoms with Crippen LogP contribution in [0.2, 0.25) is 0 Å². The van der Waals surface area contributed by atoms with E-state index in [2.05, 4.69) is 21.6 Å². The van der Waals surface area contributed by atoms with Gasteiger partial charge in [0, 0.05) is 25.0 Å². The summed E-state index contributed by atoms with van der Waals surface area (Å²) in [6.45, 7) is 3.78. The summed E-state index contributed by atoms with van der Waals surface area (Å²) in [6, 6.07) is 1.96. The molecule has 0 bridgehead atoms. The molecule has 0 saturated carbocycles. The van der Waals surface area contributed by atoms with Crippen LogP contribution in [0.15, 0.2) is 24.4 Å². The van der Waals surface area contributed by atoms with Crippen LogP contribution in [0.5, 0.6) is 0 Å². The summed E-state index contributed by atoms with van der Waals surface area (Å²) in [7, 11) is 0. The third-order valence-electron chi connectivity index (χ3n) is 1.37. The minimum Gasteiger partial charge on any atom is -0.308 e. The van der Waals surface area contributed by atoms with E-state index >= 15 is 0 Å². The topological polar surface area (TPSA) is 40.7 Å². The van der Waals surface area contributed by atoms with Crippen molar-refractivity contribution in [1.82, 2.24) is 15.5 Å². The van der Waals surface area contributed by atoms with Gasteiger partial charge in [-0.1, -0.05) is 12.2 Å². The highest BCUT2D eigenvalue weighted by Gasteiger charge is 1.88. The number of hydrogen-bond donors (Lipinski definition) is 2. The average molecular weight is 151 g/mol. The van der Waals surface area contributed by atoms with Gasteiger partial charge in [0.2, 0.25) is 0 Å². The first-order chi connectivity index (χ1) is 5.43.